The van der Waals surface area contributed by atoms with Gasteiger partial charge < -0.3 is 4.74 Å². The van der Waals surface area contributed by atoms with Gasteiger partial charge in [-0.25, -0.2) is 10.3 Å². The van der Waals surface area contributed by atoms with Gasteiger partial charge in [-0.05, 0) is 46.5 Å². The van der Waals surface area contributed by atoms with Gasteiger partial charge in [0, 0.05) is 23.2 Å². The minimum absolute atomic E-state index is 0.0155. The van der Waals surface area contributed by atoms with E-state index in [1.807, 2.05) is 48.5 Å². The van der Waals surface area contributed by atoms with Crippen molar-refractivity contribution in [1.82, 2.24) is 5.43 Å². The minimum Gasteiger partial charge on any atom is -0.494 e. The van der Waals surface area contributed by atoms with E-state index in [1.54, 1.807) is 0 Å². The van der Waals surface area contributed by atoms with Crippen LogP contribution in [0.25, 0.3) is 0 Å². The van der Waals surface area contributed by atoms with E-state index in [4.69, 9.17) is 27.9 Å². The van der Waals surface area contributed by atoms with E-state index in [9.17, 15) is 24.5 Å². The highest BCUT2D eigenvalue weighted by molar-refractivity contribution is 6.36. The molecule has 2 bridgehead atoms. The smallest absolute Gasteiger partial charge is 0.273 e. The molecule has 0 unspecified atom stereocenters. The first-order valence-corrected chi connectivity index (χ1v) is 14.6. The van der Waals surface area contributed by atoms with Crippen molar-refractivity contribution < 1.29 is 24.0 Å². The van der Waals surface area contributed by atoms with Crippen LogP contribution in [0.3, 0.4) is 0 Å². The lowest BCUT2D eigenvalue weighted by molar-refractivity contribution is -0.384. The predicted molar refractivity (Wildman–Crippen MR) is 167 cm³/mol. The molecule has 1 aliphatic heterocycles. The van der Waals surface area contributed by atoms with Gasteiger partial charge in [-0.2, -0.15) is 5.10 Å². The first kappa shape index (κ1) is 28.7. The molecule has 4 aliphatic rings. The number of benzene rings is 4. The molecule has 0 aromatic heterocycles. The molecule has 1 N–H and O–H groups in total. The number of methoxy groups -OCH3 is 1. The van der Waals surface area contributed by atoms with Crippen LogP contribution in [0.15, 0.2) is 90.0 Å². The predicted octanol–water partition coefficient (Wildman–Crippen LogP) is 5.88. The second-order valence-electron chi connectivity index (χ2n) is 11.0. The van der Waals surface area contributed by atoms with E-state index < -0.39 is 45.8 Å². The van der Waals surface area contributed by atoms with Crippen LogP contribution in [0.5, 0.6) is 5.75 Å². The summed E-state index contributed by atoms with van der Waals surface area (Å²) < 4.78 is 5.42. The highest BCUT2D eigenvalue weighted by Gasteiger charge is 2.68. The molecule has 2 atom stereocenters. The Bertz CT molecular complexity index is 1950. The Kier molecular flexibility index (Phi) is 6.72. The van der Waals surface area contributed by atoms with Crippen LogP contribution in [0.2, 0.25) is 10.0 Å². The molecular formula is C33H22Cl2N4O6. The summed E-state index contributed by atoms with van der Waals surface area (Å²) in [5, 5.41) is 16.3. The first-order valence-electron chi connectivity index (χ1n) is 13.9. The molecule has 1 saturated heterocycles. The van der Waals surface area contributed by atoms with Crippen molar-refractivity contribution in [3.8, 4) is 5.75 Å². The van der Waals surface area contributed by atoms with Crippen molar-refractivity contribution in [2.45, 2.75) is 11.3 Å². The monoisotopic (exact) mass is 640 g/mol. The van der Waals surface area contributed by atoms with Crippen LogP contribution in [0.1, 0.15) is 38.5 Å². The largest absolute Gasteiger partial charge is 0.494 e. The van der Waals surface area contributed by atoms with Gasteiger partial charge in [-0.15, -0.1) is 0 Å². The number of halogens is 2. The number of amides is 3. The molecule has 45 heavy (non-hydrogen) atoms. The number of carbonyl (C=O) groups excluding carboxylic acids is 3. The number of hydrogen-bond acceptors (Lipinski definition) is 7. The van der Waals surface area contributed by atoms with Gasteiger partial charge in [-0.1, -0.05) is 71.7 Å². The van der Waals surface area contributed by atoms with E-state index >= 15 is 0 Å². The molecule has 224 valence electrons. The summed E-state index contributed by atoms with van der Waals surface area (Å²) in [5.74, 6) is -3.74. The number of hydrazone groups is 1. The number of ether oxygens (including phenoxy) is 1. The Hall–Kier alpha value is -5.06. The second-order valence-corrected chi connectivity index (χ2v) is 11.8. The Morgan fingerprint density at radius 1 is 0.978 bits per heavy atom. The van der Waals surface area contributed by atoms with Gasteiger partial charge in [0.15, 0.2) is 0 Å². The summed E-state index contributed by atoms with van der Waals surface area (Å²) in [4.78, 5) is 54.0. The highest BCUT2D eigenvalue weighted by Crippen LogP contribution is 2.64. The van der Waals surface area contributed by atoms with Crippen molar-refractivity contribution in [3.05, 3.63) is 133 Å². The Balaban J connectivity index is 1.39. The van der Waals surface area contributed by atoms with Gasteiger partial charge in [0.25, 0.3) is 11.6 Å². The van der Waals surface area contributed by atoms with Crippen molar-refractivity contribution in [2.24, 2.45) is 16.9 Å². The zero-order chi connectivity index (χ0) is 31.6. The van der Waals surface area contributed by atoms with Crippen LogP contribution in [0.4, 0.5) is 11.4 Å². The molecule has 1 heterocycles. The zero-order valence-corrected chi connectivity index (χ0v) is 25.0. The second kappa shape index (κ2) is 10.5. The molecule has 3 aliphatic carbocycles. The molecule has 12 heteroatoms. The number of anilines is 1. The fourth-order valence-corrected chi connectivity index (χ4v) is 7.67. The first-order chi connectivity index (χ1) is 21.7. The average Bonchev–Trinajstić information content (AvgIpc) is 3.31. The van der Waals surface area contributed by atoms with Crippen LogP contribution in [-0.4, -0.2) is 36.0 Å². The lowest BCUT2D eigenvalue weighted by Crippen LogP contribution is -2.54. The summed E-state index contributed by atoms with van der Waals surface area (Å²) in [6.45, 7) is 0. The van der Waals surface area contributed by atoms with Gasteiger partial charge in [0.1, 0.15) is 5.75 Å². The molecular weight excluding hydrogens is 619 g/mol. The summed E-state index contributed by atoms with van der Waals surface area (Å²) >= 11 is 12.2. The van der Waals surface area contributed by atoms with Crippen LogP contribution >= 0.6 is 23.2 Å². The quantitative estimate of drug-likeness (QED) is 0.121. The van der Waals surface area contributed by atoms with Crippen molar-refractivity contribution >= 4 is 58.5 Å². The number of nitro groups is 1. The van der Waals surface area contributed by atoms with Crippen molar-refractivity contribution in [1.29, 1.82) is 0 Å². The van der Waals surface area contributed by atoms with Gasteiger partial charge in [0.05, 0.1) is 51.6 Å². The maximum atomic E-state index is 14.6. The third-order valence-electron chi connectivity index (χ3n) is 8.91. The average molecular weight is 641 g/mol. The summed E-state index contributed by atoms with van der Waals surface area (Å²) in [6.07, 6.45) is 1.53. The fraction of sp³-hybridized carbons (Fsp3) is 0.152. The van der Waals surface area contributed by atoms with E-state index in [1.165, 1.54) is 49.7 Å². The van der Waals surface area contributed by atoms with Gasteiger partial charge >= 0.3 is 0 Å². The zero-order valence-electron chi connectivity index (χ0n) is 23.4. The van der Waals surface area contributed by atoms with Gasteiger partial charge in [-0.3, -0.25) is 24.5 Å². The lowest BCUT2D eigenvalue weighted by atomic mass is 9.47. The summed E-state index contributed by atoms with van der Waals surface area (Å²) in [5.41, 5.74) is 4.63. The maximum absolute atomic E-state index is 14.6. The highest BCUT2D eigenvalue weighted by atomic mass is 35.5. The maximum Gasteiger partial charge on any atom is 0.273 e. The number of nitrogens with one attached hydrogen (secondary N) is 1. The molecule has 4 aromatic carbocycles. The van der Waals surface area contributed by atoms with Crippen molar-refractivity contribution in [3.63, 3.8) is 0 Å². The van der Waals surface area contributed by atoms with Crippen LogP contribution in [0, 0.1) is 22.0 Å². The topological polar surface area (TPSA) is 131 Å². The van der Waals surface area contributed by atoms with E-state index in [-0.39, 0.29) is 27.7 Å². The van der Waals surface area contributed by atoms with E-state index in [0.717, 1.165) is 27.2 Å². The molecule has 0 saturated carbocycles. The van der Waals surface area contributed by atoms with Crippen LogP contribution < -0.4 is 15.1 Å². The number of hydrogen-bond donors (Lipinski definition) is 1. The van der Waals surface area contributed by atoms with Gasteiger partial charge in [0.2, 0.25) is 11.8 Å². The lowest BCUT2D eigenvalue weighted by Gasteiger charge is -2.52. The number of carbonyl (C=O) groups is 3. The number of imide groups is 1. The third-order valence-corrected chi connectivity index (χ3v) is 9.46. The molecule has 8 rings (SSSR count). The SMILES string of the molecule is COc1cc([N+](=O)[O-])ccc1N1C(=O)[C@@H]2C3c4ccccc4C(/C=N\NC(=O)c4ccc(Cl)cc4Cl)(c4ccccc43)[C@@H]2C1=O. The molecule has 3 amide bonds. The fourth-order valence-electron chi connectivity index (χ4n) is 7.18. The summed E-state index contributed by atoms with van der Waals surface area (Å²) in [6, 6.07) is 23.4. The molecule has 0 spiro atoms. The number of nitro benzene ring substituents is 1. The standard InChI is InChI=1S/C33H22Cl2N4O6/c1-45-26-15-18(39(43)44)11-13-25(26)38-31(41)28-27-19-6-2-4-8-22(19)33(29(28)32(38)42,23-9-5-3-7-20(23)27)16-36-37-30(40)21-12-10-17(34)14-24(21)35/h2-16,27-29H,1H3,(H,37,40)/b36-16-/t27?,28-,29+,33?/m1/s1. The normalized spacial score (nSPS) is 22.6. The molecule has 0 radical (unpaired) electrons. The van der Waals surface area contributed by atoms with E-state index in [2.05, 4.69) is 10.5 Å². The summed E-state index contributed by atoms with van der Waals surface area (Å²) in [7, 11) is 1.32. The molecule has 1 fully saturated rings. The van der Waals surface area contributed by atoms with Crippen molar-refractivity contribution in [2.75, 3.05) is 12.0 Å². The number of non-ortho nitro benzene ring substituents is 1. The third kappa shape index (κ3) is 4.09. The Morgan fingerprint density at radius 3 is 2.27 bits per heavy atom. The number of rotatable bonds is 6. The molecule has 10 nitrogen and oxygen atoms in total. The Labute approximate surface area is 266 Å². The Morgan fingerprint density at radius 2 is 1.64 bits per heavy atom. The number of nitrogens with zero attached hydrogens (tertiary/aromatic N) is 3. The van der Waals surface area contributed by atoms with Crippen LogP contribution in [-0.2, 0) is 15.0 Å². The molecule has 4 aromatic rings. The van der Waals surface area contributed by atoms with E-state index in [0.29, 0.717) is 5.02 Å². The minimum atomic E-state index is -1.25.